The summed E-state index contributed by atoms with van der Waals surface area (Å²) in [6, 6.07) is 11.6. The van der Waals surface area contributed by atoms with Gasteiger partial charge < -0.3 is 11.1 Å². The van der Waals surface area contributed by atoms with Gasteiger partial charge in [-0.2, -0.15) is 5.26 Å². The number of hydrogen-bond donors (Lipinski definition) is 2. The van der Waals surface area contributed by atoms with Crippen LogP contribution in [0.5, 0.6) is 0 Å². The third kappa shape index (κ3) is 3.18. The molecule has 0 heterocycles. The van der Waals surface area contributed by atoms with Crippen molar-refractivity contribution in [1.82, 2.24) is 0 Å². The van der Waals surface area contributed by atoms with Crippen LogP contribution in [0.4, 0.5) is 10.1 Å². The summed E-state index contributed by atoms with van der Waals surface area (Å²) in [6.45, 7) is 2.05. The molecule has 0 saturated heterocycles. The van der Waals surface area contributed by atoms with E-state index >= 15 is 0 Å². The number of carbonyl (C=O) groups excluding carboxylic acids is 1. The quantitative estimate of drug-likeness (QED) is 0.905. The van der Waals surface area contributed by atoms with Crippen LogP contribution in [0.15, 0.2) is 36.4 Å². The van der Waals surface area contributed by atoms with Crippen LogP contribution in [-0.2, 0) is 6.54 Å². The minimum Gasteiger partial charge on any atom is -0.380 e. The Morgan fingerprint density at radius 1 is 1.38 bits per heavy atom. The molecule has 3 N–H and O–H groups in total. The average molecular weight is 283 g/mol. The maximum absolute atomic E-state index is 13.9. The number of halogens is 1. The highest BCUT2D eigenvalue weighted by Crippen LogP contribution is 2.20. The molecule has 0 aliphatic carbocycles. The van der Waals surface area contributed by atoms with Crippen molar-refractivity contribution in [2.75, 3.05) is 5.32 Å². The van der Waals surface area contributed by atoms with E-state index in [9.17, 15) is 9.18 Å². The molecule has 0 aliphatic rings. The SMILES string of the molecule is Cc1cccc(NCc2ccc(C(N)=O)cc2F)c1C#N. The molecule has 106 valence electrons. The molecule has 1 amide bonds. The summed E-state index contributed by atoms with van der Waals surface area (Å²) >= 11 is 0. The van der Waals surface area contributed by atoms with Crippen LogP contribution in [0.1, 0.15) is 27.0 Å². The first-order chi connectivity index (χ1) is 10.0. The van der Waals surface area contributed by atoms with Crippen molar-refractivity contribution in [2.45, 2.75) is 13.5 Å². The number of nitriles is 1. The molecule has 2 rings (SSSR count). The number of aryl methyl sites for hydroxylation is 1. The maximum Gasteiger partial charge on any atom is 0.248 e. The summed E-state index contributed by atoms with van der Waals surface area (Å²) in [5.41, 5.74) is 7.65. The van der Waals surface area contributed by atoms with Crippen molar-refractivity contribution >= 4 is 11.6 Å². The first-order valence-corrected chi connectivity index (χ1v) is 6.34. The van der Waals surface area contributed by atoms with E-state index in [2.05, 4.69) is 11.4 Å². The largest absolute Gasteiger partial charge is 0.380 e. The molecule has 2 aromatic rings. The molecule has 0 unspecified atom stereocenters. The third-order valence-electron chi connectivity index (χ3n) is 3.19. The van der Waals surface area contributed by atoms with Gasteiger partial charge in [0.15, 0.2) is 0 Å². The lowest BCUT2D eigenvalue weighted by molar-refractivity contribution is 0.1000. The Balaban J connectivity index is 2.20. The van der Waals surface area contributed by atoms with Crippen molar-refractivity contribution in [3.8, 4) is 6.07 Å². The van der Waals surface area contributed by atoms with Gasteiger partial charge in [-0.15, -0.1) is 0 Å². The molecule has 0 aliphatic heterocycles. The number of primary amides is 1. The Morgan fingerprint density at radius 2 is 2.14 bits per heavy atom. The van der Waals surface area contributed by atoms with Gasteiger partial charge in [0, 0.05) is 17.7 Å². The highest BCUT2D eigenvalue weighted by molar-refractivity contribution is 5.92. The van der Waals surface area contributed by atoms with Crippen molar-refractivity contribution < 1.29 is 9.18 Å². The van der Waals surface area contributed by atoms with Crippen molar-refractivity contribution in [3.63, 3.8) is 0 Å². The lowest BCUT2D eigenvalue weighted by Crippen LogP contribution is -2.12. The van der Waals surface area contributed by atoms with Gasteiger partial charge in [0.05, 0.1) is 11.3 Å². The fraction of sp³-hybridized carbons (Fsp3) is 0.125. The van der Waals surface area contributed by atoms with E-state index in [0.717, 1.165) is 11.6 Å². The average Bonchev–Trinajstić information content (AvgIpc) is 2.45. The molecule has 0 spiro atoms. The predicted octanol–water partition coefficient (Wildman–Crippen LogP) is 2.72. The van der Waals surface area contributed by atoms with Gasteiger partial charge in [0.1, 0.15) is 11.9 Å². The monoisotopic (exact) mass is 283 g/mol. The van der Waals surface area contributed by atoms with E-state index in [-0.39, 0.29) is 12.1 Å². The Hall–Kier alpha value is -2.87. The topological polar surface area (TPSA) is 78.9 Å². The number of amides is 1. The first kappa shape index (κ1) is 14.5. The van der Waals surface area contributed by atoms with Gasteiger partial charge in [0.2, 0.25) is 5.91 Å². The Labute approximate surface area is 122 Å². The normalized spacial score (nSPS) is 9.95. The zero-order valence-corrected chi connectivity index (χ0v) is 11.5. The summed E-state index contributed by atoms with van der Waals surface area (Å²) in [5.74, 6) is -1.18. The Kier molecular flexibility index (Phi) is 4.19. The van der Waals surface area contributed by atoms with E-state index in [1.807, 2.05) is 19.1 Å². The minimum absolute atomic E-state index is 0.129. The molecule has 2 aromatic carbocycles. The van der Waals surface area contributed by atoms with E-state index in [1.54, 1.807) is 6.07 Å². The fourth-order valence-corrected chi connectivity index (χ4v) is 2.00. The number of nitrogens with one attached hydrogen (secondary N) is 1. The second-order valence-electron chi connectivity index (χ2n) is 4.63. The van der Waals surface area contributed by atoms with Gasteiger partial charge in [-0.25, -0.2) is 4.39 Å². The van der Waals surface area contributed by atoms with Gasteiger partial charge >= 0.3 is 0 Å². The number of nitrogens with zero attached hydrogens (tertiary/aromatic N) is 1. The molecule has 0 aromatic heterocycles. The van der Waals surface area contributed by atoms with Crippen LogP contribution in [-0.4, -0.2) is 5.91 Å². The molecule has 0 saturated carbocycles. The lowest BCUT2D eigenvalue weighted by atomic mass is 10.1. The maximum atomic E-state index is 13.9. The number of anilines is 1. The van der Waals surface area contributed by atoms with Crippen LogP contribution >= 0.6 is 0 Å². The van der Waals surface area contributed by atoms with Crippen molar-refractivity contribution in [2.24, 2.45) is 5.73 Å². The number of nitrogens with two attached hydrogens (primary N) is 1. The standard InChI is InChI=1S/C16H14FN3O/c1-10-3-2-4-15(13(10)8-18)20-9-12-6-5-11(16(19)21)7-14(12)17/h2-7,20H,9H2,1H3,(H2,19,21). The molecule has 0 fully saturated rings. The number of carbonyl (C=O) groups is 1. The molecule has 0 radical (unpaired) electrons. The van der Waals surface area contributed by atoms with Gasteiger partial charge in [-0.1, -0.05) is 18.2 Å². The lowest BCUT2D eigenvalue weighted by Gasteiger charge is -2.11. The molecule has 5 heteroatoms. The molecular weight excluding hydrogens is 269 g/mol. The van der Waals surface area contributed by atoms with Crippen LogP contribution in [0.2, 0.25) is 0 Å². The molecule has 4 nitrogen and oxygen atoms in total. The molecule has 0 bridgehead atoms. The highest BCUT2D eigenvalue weighted by Gasteiger charge is 2.09. The van der Waals surface area contributed by atoms with Crippen molar-refractivity contribution in [3.05, 3.63) is 64.5 Å². The Bertz CT molecular complexity index is 735. The van der Waals surface area contributed by atoms with E-state index in [0.29, 0.717) is 16.8 Å². The number of rotatable bonds is 4. The zero-order chi connectivity index (χ0) is 15.4. The van der Waals surface area contributed by atoms with Gasteiger partial charge in [-0.3, -0.25) is 4.79 Å². The minimum atomic E-state index is -0.668. The fourth-order valence-electron chi connectivity index (χ4n) is 2.00. The van der Waals surface area contributed by atoms with Crippen LogP contribution in [0.3, 0.4) is 0 Å². The highest BCUT2D eigenvalue weighted by atomic mass is 19.1. The van der Waals surface area contributed by atoms with Crippen LogP contribution in [0.25, 0.3) is 0 Å². The van der Waals surface area contributed by atoms with Crippen LogP contribution < -0.4 is 11.1 Å². The molecular formula is C16H14FN3O. The van der Waals surface area contributed by atoms with Crippen molar-refractivity contribution in [1.29, 1.82) is 5.26 Å². The first-order valence-electron chi connectivity index (χ1n) is 6.34. The summed E-state index contributed by atoms with van der Waals surface area (Å²) in [6.07, 6.45) is 0. The van der Waals surface area contributed by atoms with Crippen LogP contribution in [0, 0.1) is 24.1 Å². The number of benzene rings is 2. The van der Waals surface area contributed by atoms with E-state index in [4.69, 9.17) is 11.0 Å². The molecule has 0 atom stereocenters. The summed E-state index contributed by atoms with van der Waals surface area (Å²) in [5, 5.41) is 12.2. The van der Waals surface area contributed by atoms with Gasteiger partial charge in [-0.05, 0) is 30.7 Å². The zero-order valence-electron chi connectivity index (χ0n) is 11.5. The van der Waals surface area contributed by atoms with Gasteiger partial charge in [0.25, 0.3) is 0 Å². The van der Waals surface area contributed by atoms with E-state index in [1.165, 1.54) is 12.1 Å². The Morgan fingerprint density at radius 3 is 2.76 bits per heavy atom. The second-order valence-corrected chi connectivity index (χ2v) is 4.63. The number of hydrogen-bond acceptors (Lipinski definition) is 3. The third-order valence-corrected chi connectivity index (χ3v) is 3.19. The smallest absolute Gasteiger partial charge is 0.248 e. The summed E-state index contributed by atoms with van der Waals surface area (Å²) in [4.78, 5) is 11.0. The van der Waals surface area contributed by atoms with E-state index < -0.39 is 11.7 Å². The second kappa shape index (κ2) is 6.06. The molecule has 21 heavy (non-hydrogen) atoms. The predicted molar refractivity (Wildman–Crippen MR) is 78.1 cm³/mol. The summed E-state index contributed by atoms with van der Waals surface area (Å²) < 4.78 is 13.9. The summed E-state index contributed by atoms with van der Waals surface area (Å²) in [7, 11) is 0.